The molecule has 0 unspecified atom stereocenters. The highest BCUT2D eigenvalue weighted by molar-refractivity contribution is 14.1. The fourth-order valence-corrected chi connectivity index (χ4v) is 3.55. The minimum absolute atomic E-state index is 0.293. The Hall–Kier alpha value is -1.42. The van der Waals surface area contributed by atoms with Gasteiger partial charge in [0, 0.05) is 7.14 Å². The van der Waals surface area contributed by atoms with E-state index in [0.717, 1.165) is 7.14 Å². The largest absolute Gasteiger partial charge is 0.545 e. The maximum Gasteiger partial charge on any atom is 0.345 e. The molecule has 4 nitrogen and oxygen atoms in total. The number of carbonyl (C=O) groups is 2. The third-order valence-electron chi connectivity index (χ3n) is 2.60. The van der Waals surface area contributed by atoms with Crippen molar-refractivity contribution >= 4 is 63.2 Å². The van der Waals surface area contributed by atoms with Gasteiger partial charge in [-0.2, -0.15) is 0 Å². The Morgan fingerprint density at radius 3 is 2.14 bits per heavy atom. The van der Waals surface area contributed by atoms with Crippen molar-refractivity contribution in [3.8, 4) is 5.75 Å². The number of esters is 1. The fourth-order valence-electron chi connectivity index (χ4n) is 1.67. The van der Waals surface area contributed by atoms with E-state index in [2.05, 4.69) is 45.2 Å². The van der Waals surface area contributed by atoms with Crippen LogP contribution in [0.2, 0.25) is 0 Å². The van der Waals surface area contributed by atoms with Gasteiger partial charge in [-0.1, -0.05) is 30.3 Å². The monoisotopic (exact) mass is 519 g/mol. The first-order valence-electron chi connectivity index (χ1n) is 6.12. The van der Waals surface area contributed by atoms with Gasteiger partial charge in [-0.25, -0.2) is 4.79 Å². The van der Waals surface area contributed by atoms with E-state index in [-0.39, 0.29) is 0 Å². The zero-order valence-corrected chi connectivity index (χ0v) is 15.4. The zero-order valence-electron chi connectivity index (χ0n) is 11.1. The van der Waals surface area contributed by atoms with Crippen LogP contribution in [0.1, 0.15) is 5.56 Å². The highest BCUT2D eigenvalue weighted by atomic mass is 127. The SMILES string of the molecule is O=C([O-])/C(=C/c1ccccc1)C(=O)Oc1cc(I)cc(I)c1. The van der Waals surface area contributed by atoms with Crippen molar-refractivity contribution in [1.29, 1.82) is 0 Å². The number of benzene rings is 2. The summed E-state index contributed by atoms with van der Waals surface area (Å²) in [6.45, 7) is 0. The third-order valence-corrected chi connectivity index (χ3v) is 3.84. The summed E-state index contributed by atoms with van der Waals surface area (Å²) in [5.41, 5.74) is 0.0518. The molecule has 0 aliphatic carbocycles. The van der Waals surface area contributed by atoms with Gasteiger partial charge in [0.15, 0.2) is 0 Å². The van der Waals surface area contributed by atoms with E-state index in [1.807, 2.05) is 6.07 Å². The highest BCUT2D eigenvalue weighted by Crippen LogP contribution is 2.21. The van der Waals surface area contributed by atoms with Crippen LogP contribution in [0.15, 0.2) is 54.1 Å². The second kappa shape index (κ2) is 7.73. The van der Waals surface area contributed by atoms with Crippen molar-refractivity contribution in [1.82, 2.24) is 0 Å². The van der Waals surface area contributed by atoms with Gasteiger partial charge in [-0.3, -0.25) is 0 Å². The number of carboxylic acid groups (broad SMARTS) is 1. The van der Waals surface area contributed by atoms with E-state index in [9.17, 15) is 14.7 Å². The summed E-state index contributed by atoms with van der Waals surface area (Å²) in [5, 5.41) is 11.2. The van der Waals surface area contributed by atoms with Crippen LogP contribution in [0.5, 0.6) is 5.75 Å². The molecule has 2 rings (SSSR count). The predicted octanol–water partition coefficient (Wildman–Crippen LogP) is 2.63. The number of carbonyl (C=O) groups excluding carboxylic acids is 2. The number of halogens is 2. The van der Waals surface area contributed by atoms with Crippen LogP contribution in [-0.4, -0.2) is 11.9 Å². The van der Waals surface area contributed by atoms with Crippen molar-refractivity contribution in [3.63, 3.8) is 0 Å². The minimum Gasteiger partial charge on any atom is -0.545 e. The Labute approximate surface area is 154 Å². The van der Waals surface area contributed by atoms with Crippen LogP contribution >= 0.6 is 45.2 Å². The molecule has 0 bridgehead atoms. The summed E-state index contributed by atoms with van der Waals surface area (Å²) in [5.74, 6) is -2.24. The lowest BCUT2D eigenvalue weighted by atomic mass is 10.1. The molecule has 0 amide bonds. The normalized spacial score (nSPS) is 11.1. The molecule has 0 fully saturated rings. The Balaban J connectivity index is 2.27. The Bertz CT molecular complexity index is 719. The molecule has 0 saturated heterocycles. The summed E-state index contributed by atoms with van der Waals surface area (Å²) in [6.07, 6.45) is 1.23. The number of hydrogen-bond donors (Lipinski definition) is 0. The third kappa shape index (κ3) is 4.80. The molecule has 0 spiro atoms. The molecular weight excluding hydrogens is 510 g/mol. The molecule has 22 heavy (non-hydrogen) atoms. The van der Waals surface area contributed by atoms with E-state index in [4.69, 9.17) is 4.74 Å². The Morgan fingerprint density at radius 2 is 1.59 bits per heavy atom. The van der Waals surface area contributed by atoms with Gasteiger partial charge >= 0.3 is 5.97 Å². The average Bonchev–Trinajstić information content (AvgIpc) is 2.44. The van der Waals surface area contributed by atoms with E-state index in [1.54, 1.807) is 42.5 Å². The average molecular weight is 519 g/mol. The summed E-state index contributed by atoms with van der Waals surface area (Å²) >= 11 is 4.18. The quantitative estimate of drug-likeness (QED) is 0.156. The summed E-state index contributed by atoms with van der Waals surface area (Å²) < 4.78 is 6.90. The molecule has 6 heteroatoms. The number of aliphatic carboxylic acids is 1. The van der Waals surface area contributed by atoms with Crippen molar-refractivity contribution in [3.05, 3.63) is 66.8 Å². The van der Waals surface area contributed by atoms with E-state index in [0.29, 0.717) is 11.3 Å². The smallest absolute Gasteiger partial charge is 0.345 e. The van der Waals surface area contributed by atoms with Crippen LogP contribution in [0.3, 0.4) is 0 Å². The molecule has 112 valence electrons. The maximum absolute atomic E-state index is 12.1. The fraction of sp³-hybridized carbons (Fsp3) is 0. The summed E-state index contributed by atoms with van der Waals surface area (Å²) in [7, 11) is 0. The Kier molecular flexibility index (Phi) is 5.95. The lowest BCUT2D eigenvalue weighted by Crippen LogP contribution is -2.30. The first-order valence-corrected chi connectivity index (χ1v) is 8.28. The van der Waals surface area contributed by atoms with Crippen LogP contribution in [0, 0.1) is 7.14 Å². The summed E-state index contributed by atoms with van der Waals surface area (Å²) in [4.78, 5) is 23.3. The molecule has 0 aliphatic heterocycles. The molecule has 0 radical (unpaired) electrons. The molecule has 2 aromatic carbocycles. The predicted molar refractivity (Wildman–Crippen MR) is 96.9 cm³/mol. The van der Waals surface area contributed by atoms with Gasteiger partial charge < -0.3 is 14.6 Å². The first-order chi connectivity index (χ1) is 10.5. The first kappa shape index (κ1) is 16.9. The van der Waals surface area contributed by atoms with Gasteiger partial charge in [0.2, 0.25) is 0 Å². The molecule has 0 heterocycles. The topological polar surface area (TPSA) is 66.4 Å². The zero-order chi connectivity index (χ0) is 16.1. The molecule has 0 atom stereocenters. The van der Waals surface area contributed by atoms with Crippen molar-refractivity contribution < 1.29 is 19.4 Å². The number of hydrogen-bond acceptors (Lipinski definition) is 4. The van der Waals surface area contributed by atoms with Crippen molar-refractivity contribution in [2.75, 3.05) is 0 Å². The van der Waals surface area contributed by atoms with Crippen LogP contribution in [-0.2, 0) is 9.59 Å². The number of ether oxygens (including phenoxy) is 1. The lowest BCUT2D eigenvalue weighted by Gasteiger charge is -2.10. The molecule has 0 saturated carbocycles. The van der Waals surface area contributed by atoms with Crippen LogP contribution in [0.25, 0.3) is 6.08 Å². The van der Waals surface area contributed by atoms with Gasteiger partial charge in [0.05, 0.1) is 11.5 Å². The van der Waals surface area contributed by atoms with Crippen molar-refractivity contribution in [2.24, 2.45) is 0 Å². The maximum atomic E-state index is 12.1. The second-order valence-electron chi connectivity index (χ2n) is 4.25. The van der Waals surface area contributed by atoms with Crippen LogP contribution in [0.4, 0.5) is 0 Å². The molecule has 0 aliphatic rings. The van der Waals surface area contributed by atoms with Gasteiger partial charge in [-0.05, 0) is 75.0 Å². The Morgan fingerprint density at radius 1 is 1.00 bits per heavy atom. The summed E-state index contributed by atoms with van der Waals surface area (Å²) in [6, 6.07) is 13.8. The van der Waals surface area contributed by atoms with E-state index in [1.165, 1.54) is 6.08 Å². The molecule has 0 aromatic heterocycles. The molecule has 0 N–H and O–H groups in total. The molecular formula is C16H9I2O4-. The van der Waals surface area contributed by atoms with Crippen LogP contribution < -0.4 is 9.84 Å². The second-order valence-corrected chi connectivity index (χ2v) is 6.74. The van der Waals surface area contributed by atoms with Gasteiger partial charge in [0.1, 0.15) is 5.75 Å². The van der Waals surface area contributed by atoms with Gasteiger partial charge in [0.25, 0.3) is 0 Å². The van der Waals surface area contributed by atoms with E-state index < -0.39 is 17.5 Å². The minimum atomic E-state index is -1.57. The molecule has 2 aromatic rings. The standard InChI is InChI=1S/C16H10I2O4/c17-11-7-12(18)9-13(8-11)22-16(21)14(15(19)20)6-10-4-2-1-3-5-10/h1-9H,(H,19,20)/p-1/b14-6-. The highest BCUT2D eigenvalue weighted by Gasteiger charge is 2.14. The van der Waals surface area contributed by atoms with Crippen molar-refractivity contribution in [2.45, 2.75) is 0 Å². The number of rotatable bonds is 4. The van der Waals surface area contributed by atoms with Gasteiger partial charge in [-0.15, -0.1) is 0 Å². The lowest BCUT2D eigenvalue weighted by molar-refractivity contribution is -0.298. The number of carboxylic acids is 1. The van der Waals surface area contributed by atoms with E-state index >= 15 is 0 Å².